The topological polar surface area (TPSA) is 73.8 Å². The first-order valence-electron chi connectivity index (χ1n) is 8.95. The summed E-state index contributed by atoms with van der Waals surface area (Å²) in [7, 11) is 0. The van der Waals surface area contributed by atoms with Crippen molar-refractivity contribution in [3.63, 3.8) is 0 Å². The van der Waals surface area contributed by atoms with Crippen LogP contribution < -0.4 is 5.56 Å². The van der Waals surface area contributed by atoms with Gasteiger partial charge in [-0.25, -0.2) is 4.98 Å². The number of nitrogens with zero attached hydrogens (tertiary/aromatic N) is 4. The Kier molecular flexibility index (Phi) is 5.76. The fourth-order valence-corrected chi connectivity index (χ4v) is 3.66. The van der Waals surface area contributed by atoms with Crippen molar-refractivity contribution >= 4 is 22.7 Å². The smallest absolute Gasteiger partial charge is 0.262 e. The van der Waals surface area contributed by atoms with E-state index in [9.17, 15) is 4.79 Å². The molecule has 0 bridgehead atoms. The molecular formula is C19H24N4O2S. The van der Waals surface area contributed by atoms with Crippen LogP contribution in [0.25, 0.3) is 10.9 Å². The van der Waals surface area contributed by atoms with Gasteiger partial charge < -0.3 is 4.52 Å². The number of hydrogen-bond donors (Lipinski definition) is 0. The maximum Gasteiger partial charge on any atom is 0.262 e. The Morgan fingerprint density at radius 1 is 1.19 bits per heavy atom. The maximum absolute atomic E-state index is 12.9. The van der Waals surface area contributed by atoms with E-state index in [0.29, 0.717) is 33.6 Å². The lowest BCUT2D eigenvalue weighted by atomic mass is 10.1. The average molecular weight is 372 g/mol. The van der Waals surface area contributed by atoms with Crippen LogP contribution in [-0.2, 0) is 12.2 Å². The predicted octanol–water partition coefficient (Wildman–Crippen LogP) is 4.24. The molecule has 6 nitrogen and oxygen atoms in total. The Morgan fingerprint density at radius 3 is 2.69 bits per heavy atom. The molecule has 0 spiro atoms. The fourth-order valence-electron chi connectivity index (χ4n) is 2.72. The summed E-state index contributed by atoms with van der Waals surface area (Å²) in [4.78, 5) is 22.1. The zero-order chi connectivity index (χ0) is 18.7. The van der Waals surface area contributed by atoms with Crippen LogP contribution in [0.1, 0.15) is 51.9 Å². The van der Waals surface area contributed by atoms with Gasteiger partial charge in [-0.05, 0) is 31.4 Å². The van der Waals surface area contributed by atoms with E-state index in [1.54, 1.807) is 4.57 Å². The molecule has 7 heteroatoms. The summed E-state index contributed by atoms with van der Waals surface area (Å²) in [6.45, 7) is 8.34. The highest BCUT2D eigenvalue weighted by Gasteiger charge is 2.17. The lowest BCUT2D eigenvalue weighted by molar-refractivity contribution is 0.382. The summed E-state index contributed by atoms with van der Waals surface area (Å²) in [5, 5.41) is 5.36. The van der Waals surface area contributed by atoms with Gasteiger partial charge >= 0.3 is 0 Å². The van der Waals surface area contributed by atoms with Gasteiger partial charge in [0.2, 0.25) is 5.89 Å². The largest absolute Gasteiger partial charge is 0.338 e. The molecule has 138 valence electrons. The number of para-hydroxylation sites is 1. The second kappa shape index (κ2) is 8.03. The highest BCUT2D eigenvalue weighted by molar-refractivity contribution is 7.98. The Morgan fingerprint density at radius 2 is 1.96 bits per heavy atom. The van der Waals surface area contributed by atoms with Crippen molar-refractivity contribution < 1.29 is 4.52 Å². The standard InChI is InChI=1S/C19H24N4O2S/c1-5-13(4)23-18(24)14-8-6-7-9-15(14)20-19(23)26-11-17-21-16(22-25-17)10-12(2)3/h6-9,12-13H,5,10-11H2,1-4H3. The lowest BCUT2D eigenvalue weighted by Gasteiger charge is -2.17. The minimum atomic E-state index is -0.00141. The summed E-state index contributed by atoms with van der Waals surface area (Å²) >= 11 is 1.46. The third kappa shape index (κ3) is 3.98. The predicted molar refractivity (Wildman–Crippen MR) is 103 cm³/mol. The zero-order valence-corrected chi connectivity index (χ0v) is 16.4. The highest BCUT2D eigenvalue weighted by Crippen LogP contribution is 2.25. The van der Waals surface area contributed by atoms with Gasteiger partial charge in [-0.2, -0.15) is 4.98 Å². The quantitative estimate of drug-likeness (QED) is 0.456. The molecule has 0 aliphatic heterocycles. The van der Waals surface area contributed by atoms with Gasteiger partial charge in [0, 0.05) is 12.5 Å². The third-order valence-corrected chi connectivity index (χ3v) is 5.17. The summed E-state index contributed by atoms with van der Waals surface area (Å²) in [5.74, 6) is 2.25. The van der Waals surface area contributed by atoms with Crippen molar-refractivity contribution in [3.05, 3.63) is 46.3 Å². The van der Waals surface area contributed by atoms with E-state index in [0.717, 1.165) is 18.7 Å². The summed E-state index contributed by atoms with van der Waals surface area (Å²) in [5.41, 5.74) is 0.712. The molecule has 1 atom stereocenters. The average Bonchev–Trinajstić information content (AvgIpc) is 3.06. The zero-order valence-electron chi connectivity index (χ0n) is 15.6. The Hall–Kier alpha value is -2.15. The van der Waals surface area contributed by atoms with Crippen LogP contribution in [0, 0.1) is 5.92 Å². The van der Waals surface area contributed by atoms with Crippen LogP contribution in [0.3, 0.4) is 0 Å². The first-order chi connectivity index (χ1) is 12.5. The van der Waals surface area contributed by atoms with Crippen molar-refractivity contribution in [2.75, 3.05) is 0 Å². The van der Waals surface area contributed by atoms with Crippen LogP contribution in [0.4, 0.5) is 0 Å². The molecule has 26 heavy (non-hydrogen) atoms. The van der Waals surface area contributed by atoms with Crippen molar-refractivity contribution in [1.82, 2.24) is 19.7 Å². The molecule has 0 saturated carbocycles. The first kappa shape index (κ1) is 18.6. The minimum Gasteiger partial charge on any atom is -0.338 e. The van der Waals surface area contributed by atoms with E-state index in [4.69, 9.17) is 9.51 Å². The van der Waals surface area contributed by atoms with Gasteiger partial charge in [-0.1, -0.05) is 49.8 Å². The van der Waals surface area contributed by atoms with Gasteiger partial charge in [-0.15, -0.1) is 0 Å². The normalized spacial score (nSPS) is 12.8. The van der Waals surface area contributed by atoms with Crippen LogP contribution in [0.15, 0.2) is 38.7 Å². The Labute approximate surface area is 157 Å². The first-order valence-corrected chi connectivity index (χ1v) is 9.93. The lowest BCUT2D eigenvalue weighted by Crippen LogP contribution is -2.26. The molecule has 0 fully saturated rings. The minimum absolute atomic E-state index is 0.00141. The molecular weight excluding hydrogens is 348 g/mol. The molecule has 0 N–H and O–H groups in total. The van der Waals surface area contributed by atoms with Gasteiger partial charge in [-0.3, -0.25) is 9.36 Å². The maximum atomic E-state index is 12.9. The molecule has 2 aromatic heterocycles. The van der Waals surface area contributed by atoms with Crippen molar-refractivity contribution in [1.29, 1.82) is 0 Å². The molecule has 3 aromatic rings. The van der Waals surface area contributed by atoms with E-state index < -0.39 is 0 Å². The monoisotopic (exact) mass is 372 g/mol. The molecule has 3 rings (SSSR count). The third-order valence-electron chi connectivity index (χ3n) is 4.23. The second-order valence-corrected chi connectivity index (χ2v) is 7.78. The molecule has 0 aliphatic rings. The number of fused-ring (bicyclic) bond motifs is 1. The second-order valence-electron chi connectivity index (χ2n) is 6.83. The molecule has 0 saturated heterocycles. The number of hydrogen-bond acceptors (Lipinski definition) is 6. The number of benzene rings is 1. The Bertz CT molecular complexity index is 948. The van der Waals surface area contributed by atoms with Crippen molar-refractivity contribution in [3.8, 4) is 0 Å². The van der Waals surface area contributed by atoms with E-state index >= 15 is 0 Å². The highest BCUT2D eigenvalue weighted by atomic mass is 32.2. The molecule has 1 aromatic carbocycles. The number of rotatable bonds is 7. The summed E-state index contributed by atoms with van der Waals surface area (Å²) in [6.07, 6.45) is 1.65. The molecule has 2 heterocycles. The molecule has 0 radical (unpaired) electrons. The van der Waals surface area contributed by atoms with Crippen molar-refractivity contribution in [2.45, 2.75) is 57.5 Å². The van der Waals surface area contributed by atoms with Crippen molar-refractivity contribution in [2.24, 2.45) is 5.92 Å². The van der Waals surface area contributed by atoms with Crippen LogP contribution in [0.2, 0.25) is 0 Å². The van der Waals surface area contributed by atoms with E-state index in [-0.39, 0.29) is 11.6 Å². The van der Waals surface area contributed by atoms with Crippen LogP contribution in [0.5, 0.6) is 0 Å². The number of aromatic nitrogens is 4. The van der Waals surface area contributed by atoms with Gasteiger partial charge in [0.15, 0.2) is 11.0 Å². The molecule has 0 amide bonds. The summed E-state index contributed by atoms with van der Waals surface area (Å²) in [6, 6.07) is 7.53. The van der Waals surface area contributed by atoms with E-state index in [1.807, 2.05) is 31.2 Å². The van der Waals surface area contributed by atoms with Crippen LogP contribution >= 0.6 is 11.8 Å². The van der Waals surface area contributed by atoms with E-state index in [2.05, 4.69) is 30.9 Å². The number of thioether (sulfide) groups is 1. The van der Waals surface area contributed by atoms with Crippen LogP contribution in [-0.4, -0.2) is 19.7 Å². The van der Waals surface area contributed by atoms with Gasteiger partial charge in [0.25, 0.3) is 5.56 Å². The SMILES string of the molecule is CCC(C)n1c(SCc2nc(CC(C)C)no2)nc2ccccc2c1=O. The molecule has 1 unspecified atom stereocenters. The Balaban J connectivity index is 1.91. The fraction of sp³-hybridized carbons (Fsp3) is 0.474. The van der Waals surface area contributed by atoms with Gasteiger partial charge in [0.1, 0.15) is 0 Å². The van der Waals surface area contributed by atoms with E-state index in [1.165, 1.54) is 11.8 Å². The van der Waals surface area contributed by atoms with Gasteiger partial charge in [0.05, 0.1) is 16.7 Å². The molecule has 0 aliphatic carbocycles. The summed E-state index contributed by atoms with van der Waals surface area (Å²) < 4.78 is 7.11.